The molecule has 18 heavy (non-hydrogen) atoms. The molecule has 1 fully saturated rings. The zero-order chi connectivity index (χ0) is 13.3. The Balaban J connectivity index is 2.63. The third kappa shape index (κ3) is 2.00. The summed E-state index contributed by atoms with van der Waals surface area (Å²) in [5, 5.41) is 19.4. The van der Waals surface area contributed by atoms with E-state index in [4.69, 9.17) is 0 Å². The van der Waals surface area contributed by atoms with Crippen molar-refractivity contribution < 1.29 is 19.4 Å². The lowest BCUT2D eigenvalue weighted by Crippen LogP contribution is -2.38. The van der Waals surface area contributed by atoms with E-state index < -0.39 is 23.0 Å². The quantitative estimate of drug-likeness (QED) is 0.876. The van der Waals surface area contributed by atoms with Crippen LogP contribution in [-0.2, 0) is 10.2 Å². The Morgan fingerprint density at radius 1 is 1.28 bits per heavy atom. The number of halogens is 2. The molecule has 5 heteroatoms. The highest BCUT2D eigenvalue weighted by atomic mass is 79.9. The highest BCUT2D eigenvalue weighted by molar-refractivity contribution is 9.10. The van der Waals surface area contributed by atoms with Gasteiger partial charge in [0.25, 0.3) is 0 Å². The van der Waals surface area contributed by atoms with E-state index in [2.05, 4.69) is 15.9 Å². The van der Waals surface area contributed by atoms with Gasteiger partial charge in [-0.2, -0.15) is 0 Å². The normalized spacial score (nSPS) is 18.6. The molecule has 1 aliphatic carbocycles. The maximum Gasteiger partial charge on any atom is 0.314 e. The average molecular weight is 317 g/mol. The average Bonchev–Trinajstić information content (AvgIpc) is 2.35. The lowest BCUT2D eigenvalue weighted by Gasteiger charge is -2.34. The molecule has 1 aliphatic rings. The molecule has 0 atom stereocenters. The van der Waals surface area contributed by atoms with Crippen LogP contribution in [0.2, 0.25) is 0 Å². The smallest absolute Gasteiger partial charge is 0.314 e. The fourth-order valence-corrected chi connectivity index (χ4v) is 3.42. The molecule has 1 saturated carbocycles. The first-order valence-electron chi connectivity index (χ1n) is 5.90. The van der Waals surface area contributed by atoms with E-state index in [-0.39, 0.29) is 5.56 Å². The molecule has 0 spiro atoms. The highest BCUT2D eigenvalue weighted by Gasteiger charge is 2.45. The maximum atomic E-state index is 13.5. The summed E-state index contributed by atoms with van der Waals surface area (Å²) in [5.74, 6) is -2.32. The number of phenols is 1. The van der Waals surface area contributed by atoms with E-state index in [9.17, 15) is 19.4 Å². The van der Waals surface area contributed by atoms with E-state index >= 15 is 0 Å². The van der Waals surface area contributed by atoms with Crippen LogP contribution in [0.25, 0.3) is 0 Å². The Labute approximate surface area is 113 Å². The summed E-state index contributed by atoms with van der Waals surface area (Å²) in [5.41, 5.74) is -1.00. The summed E-state index contributed by atoms with van der Waals surface area (Å²) in [6.45, 7) is 0. The van der Waals surface area contributed by atoms with Crippen molar-refractivity contribution in [2.24, 2.45) is 0 Å². The molecule has 0 aliphatic heterocycles. The van der Waals surface area contributed by atoms with Crippen LogP contribution in [0, 0.1) is 5.82 Å². The van der Waals surface area contributed by atoms with Crippen molar-refractivity contribution in [1.29, 1.82) is 0 Å². The maximum absolute atomic E-state index is 13.5. The first kappa shape index (κ1) is 13.3. The minimum atomic E-state index is -1.18. The van der Waals surface area contributed by atoms with Gasteiger partial charge in [-0.05, 0) is 25.0 Å². The second-order valence-electron chi connectivity index (χ2n) is 4.70. The summed E-state index contributed by atoms with van der Waals surface area (Å²) < 4.78 is 13.9. The summed E-state index contributed by atoms with van der Waals surface area (Å²) >= 11 is 3.23. The van der Waals surface area contributed by atoms with Gasteiger partial charge in [0.05, 0.1) is 5.41 Å². The third-order valence-electron chi connectivity index (χ3n) is 3.67. The zero-order valence-electron chi connectivity index (χ0n) is 9.75. The van der Waals surface area contributed by atoms with E-state index in [1.807, 2.05) is 0 Å². The number of phenolic OH excluding ortho intramolecular Hbond substituents is 1. The van der Waals surface area contributed by atoms with Crippen LogP contribution in [-0.4, -0.2) is 16.2 Å². The van der Waals surface area contributed by atoms with Crippen molar-refractivity contribution in [3.05, 3.63) is 28.0 Å². The monoisotopic (exact) mass is 316 g/mol. The van der Waals surface area contributed by atoms with Gasteiger partial charge < -0.3 is 10.2 Å². The molecule has 98 valence electrons. The van der Waals surface area contributed by atoms with Gasteiger partial charge in [0.15, 0.2) is 11.6 Å². The number of aromatic hydroxyl groups is 1. The van der Waals surface area contributed by atoms with E-state index in [0.29, 0.717) is 17.3 Å². The first-order chi connectivity index (χ1) is 8.49. The number of carboxylic acid groups (broad SMARTS) is 1. The number of benzene rings is 1. The molecule has 0 unspecified atom stereocenters. The number of aliphatic carboxylic acids is 1. The van der Waals surface area contributed by atoms with Gasteiger partial charge in [-0.3, -0.25) is 4.79 Å². The molecule has 1 aromatic carbocycles. The van der Waals surface area contributed by atoms with Gasteiger partial charge >= 0.3 is 5.97 Å². The Bertz CT molecular complexity index is 481. The van der Waals surface area contributed by atoms with Crippen LogP contribution in [0.3, 0.4) is 0 Å². The van der Waals surface area contributed by atoms with Crippen molar-refractivity contribution in [3.8, 4) is 5.75 Å². The van der Waals surface area contributed by atoms with E-state index in [1.165, 1.54) is 6.07 Å². The second kappa shape index (κ2) is 4.88. The SMILES string of the molecule is O=C(O)C1(c2c(Br)ccc(F)c2O)CCCCC1. The lowest BCUT2D eigenvalue weighted by molar-refractivity contribution is -0.145. The molecule has 0 aromatic heterocycles. The second-order valence-corrected chi connectivity index (χ2v) is 5.56. The molecule has 3 nitrogen and oxygen atoms in total. The molecule has 2 rings (SSSR count). The highest BCUT2D eigenvalue weighted by Crippen LogP contribution is 2.47. The Hall–Kier alpha value is -1.10. The van der Waals surface area contributed by atoms with Gasteiger partial charge in [0.1, 0.15) is 0 Å². The van der Waals surface area contributed by atoms with Crippen molar-refractivity contribution in [1.82, 2.24) is 0 Å². The molecule has 0 heterocycles. The van der Waals surface area contributed by atoms with Crippen molar-refractivity contribution >= 4 is 21.9 Å². The molecular formula is C13H14BrFO3. The van der Waals surface area contributed by atoms with E-state index in [0.717, 1.165) is 25.3 Å². The summed E-state index contributed by atoms with van der Waals surface area (Å²) in [7, 11) is 0. The predicted molar refractivity (Wildman–Crippen MR) is 68.2 cm³/mol. The van der Waals surface area contributed by atoms with Crippen molar-refractivity contribution in [2.75, 3.05) is 0 Å². The van der Waals surface area contributed by atoms with E-state index in [1.54, 1.807) is 0 Å². The van der Waals surface area contributed by atoms with Crippen LogP contribution < -0.4 is 0 Å². The fourth-order valence-electron chi connectivity index (χ4n) is 2.72. The molecule has 0 saturated heterocycles. The summed E-state index contributed by atoms with van der Waals surface area (Å²) in [6, 6.07) is 2.57. The number of hydrogen-bond acceptors (Lipinski definition) is 2. The van der Waals surface area contributed by atoms with Crippen LogP contribution in [0.4, 0.5) is 4.39 Å². The molecular weight excluding hydrogens is 303 g/mol. The Morgan fingerprint density at radius 3 is 2.44 bits per heavy atom. The largest absolute Gasteiger partial charge is 0.505 e. The molecule has 1 aromatic rings. The molecule has 0 amide bonds. The lowest BCUT2D eigenvalue weighted by atomic mass is 9.69. The molecule has 2 N–H and O–H groups in total. The predicted octanol–water partition coefficient (Wildman–Crippen LogP) is 3.58. The van der Waals surface area contributed by atoms with Crippen LogP contribution in [0.15, 0.2) is 16.6 Å². The van der Waals surface area contributed by atoms with Gasteiger partial charge in [-0.15, -0.1) is 0 Å². The molecule has 0 bridgehead atoms. The van der Waals surface area contributed by atoms with Gasteiger partial charge in [0.2, 0.25) is 0 Å². The first-order valence-corrected chi connectivity index (χ1v) is 6.69. The summed E-state index contributed by atoms with van der Waals surface area (Å²) in [4.78, 5) is 11.6. The topological polar surface area (TPSA) is 57.5 Å². The Morgan fingerprint density at radius 2 is 1.89 bits per heavy atom. The zero-order valence-corrected chi connectivity index (χ0v) is 11.3. The van der Waals surface area contributed by atoms with Gasteiger partial charge in [-0.1, -0.05) is 35.2 Å². The Kier molecular flexibility index (Phi) is 3.61. The van der Waals surface area contributed by atoms with Crippen molar-refractivity contribution in [2.45, 2.75) is 37.5 Å². The van der Waals surface area contributed by atoms with Crippen molar-refractivity contribution in [3.63, 3.8) is 0 Å². The van der Waals surface area contributed by atoms with Crippen LogP contribution >= 0.6 is 15.9 Å². The number of carbonyl (C=O) groups is 1. The van der Waals surface area contributed by atoms with Gasteiger partial charge in [0, 0.05) is 10.0 Å². The number of carboxylic acids is 1. The molecule has 0 radical (unpaired) electrons. The van der Waals surface area contributed by atoms with Gasteiger partial charge in [-0.25, -0.2) is 4.39 Å². The number of rotatable bonds is 2. The fraction of sp³-hybridized carbons (Fsp3) is 0.462. The van der Waals surface area contributed by atoms with Crippen LogP contribution in [0.5, 0.6) is 5.75 Å². The van der Waals surface area contributed by atoms with Crippen LogP contribution in [0.1, 0.15) is 37.7 Å². The minimum Gasteiger partial charge on any atom is -0.505 e. The number of hydrogen-bond donors (Lipinski definition) is 2. The minimum absolute atomic E-state index is 0.176. The third-order valence-corrected chi connectivity index (χ3v) is 4.33. The standard InChI is InChI=1S/C13H14BrFO3/c14-8-4-5-9(15)11(16)10(8)13(12(17)18)6-2-1-3-7-13/h4-5,16H,1-3,6-7H2,(H,17,18). The summed E-state index contributed by atoms with van der Waals surface area (Å²) in [6.07, 6.45) is 3.38.